The standard InChI is InChI=1S/C13H12N2O/c1-9-7-12(13(8-14)15-9)10-3-5-11(16-2)6-4-10/h3-7,15H,1-2H3. The maximum atomic E-state index is 8.99. The molecule has 1 aromatic carbocycles. The van der Waals surface area contributed by atoms with Crippen LogP contribution >= 0.6 is 0 Å². The molecule has 0 fully saturated rings. The molecule has 2 rings (SSSR count). The fraction of sp³-hybridized carbons (Fsp3) is 0.154. The van der Waals surface area contributed by atoms with Crippen molar-refractivity contribution in [2.24, 2.45) is 0 Å². The van der Waals surface area contributed by atoms with Gasteiger partial charge in [0.25, 0.3) is 0 Å². The van der Waals surface area contributed by atoms with E-state index >= 15 is 0 Å². The quantitative estimate of drug-likeness (QED) is 0.832. The molecule has 16 heavy (non-hydrogen) atoms. The predicted octanol–water partition coefficient (Wildman–Crippen LogP) is 2.87. The van der Waals surface area contributed by atoms with Gasteiger partial charge in [0.1, 0.15) is 17.5 Å². The van der Waals surface area contributed by atoms with Crippen molar-refractivity contribution in [1.29, 1.82) is 5.26 Å². The molecule has 3 nitrogen and oxygen atoms in total. The molecular formula is C13H12N2O. The number of hydrogen-bond acceptors (Lipinski definition) is 2. The second-order valence-corrected chi connectivity index (χ2v) is 3.58. The van der Waals surface area contributed by atoms with Crippen molar-refractivity contribution in [2.45, 2.75) is 6.92 Å². The van der Waals surface area contributed by atoms with E-state index in [2.05, 4.69) is 11.1 Å². The average molecular weight is 212 g/mol. The van der Waals surface area contributed by atoms with Crippen LogP contribution in [0.3, 0.4) is 0 Å². The van der Waals surface area contributed by atoms with Gasteiger partial charge in [0.15, 0.2) is 0 Å². The molecule has 0 aliphatic heterocycles. The molecule has 0 saturated carbocycles. The molecule has 1 heterocycles. The van der Waals surface area contributed by atoms with Gasteiger partial charge in [-0.05, 0) is 30.7 Å². The highest BCUT2D eigenvalue weighted by molar-refractivity contribution is 5.70. The van der Waals surface area contributed by atoms with Crippen molar-refractivity contribution in [3.63, 3.8) is 0 Å². The third-order valence-electron chi connectivity index (χ3n) is 2.47. The molecule has 0 bridgehead atoms. The zero-order valence-electron chi connectivity index (χ0n) is 9.24. The van der Waals surface area contributed by atoms with E-state index in [0.29, 0.717) is 5.69 Å². The van der Waals surface area contributed by atoms with Gasteiger partial charge >= 0.3 is 0 Å². The molecule has 0 atom stereocenters. The Labute approximate surface area is 94.3 Å². The van der Waals surface area contributed by atoms with E-state index in [1.54, 1.807) is 7.11 Å². The number of ether oxygens (including phenoxy) is 1. The number of nitrogens with one attached hydrogen (secondary N) is 1. The maximum absolute atomic E-state index is 8.99. The lowest BCUT2D eigenvalue weighted by Gasteiger charge is -2.01. The summed E-state index contributed by atoms with van der Waals surface area (Å²) in [6.45, 7) is 1.94. The first-order valence-electron chi connectivity index (χ1n) is 4.98. The summed E-state index contributed by atoms with van der Waals surface area (Å²) >= 11 is 0. The van der Waals surface area contributed by atoms with E-state index < -0.39 is 0 Å². The van der Waals surface area contributed by atoms with Gasteiger partial charge in [-0.15, -0.1) is 0 Å². The van der Waals surface area contributed by atoms with Crippen molar-refractivity contribution >= 4 is 0 Å². The van der Waals surface area contributed by atoms with Crippen LogP contribution < -0.4 is 4.74 Å². The number of aromatic nitrogens is 1. The Bertz CT molecular complexity index is 532. The van der Waals surface area contributed by atoms with Gasteiger partial charge in [0, 0.05) is 11.3 Å². The first kappa shape index (κ1) is 10.3. The predicted molar refractivity (Wildman–Crippen MR) is 62.2 cm³/mol. The van der Waals surface area contributed by atoms with Crippen molar-refractivity contribution in [2.75, 3.05) is 7.11 Å². The zero-order chi connectivity index (χ0) is 11.5. The molecule has 0 spiro atoms. The Balaban J connectivity index is 2.46. The van der Waals surface area contributed by atoms with Crippen LogP contribution in [-0.2, 0) is 0 Å². The lowest BCUT2D eigenvalue weighted by molar-refractivity contribution is 0.415. The molecule has 1 N–H and O–H groups in total. The van der Waals surface area contributed by atoms with Crippen LogP contribution in [0.1, 0.15) is 11.4 Å². The van der Waals surface area contributed by atoms with E-state index in [1.807, 2.05) is 37.3 Å². The van der Waals surface area contributed by atoms with Gasteiger partial charge in [-0.3, -0.25) is 0 Å². The summed E-state index contributed by atoms with van der Waals surface area (Å²) < 4.78 is 5.09. The molecular weight excluding hydrogens is 200 g/mol. The number of nitrogens with zero attached hydrogens (tertiary/aromatic N) is 1. The van der Waals surface area contributed by atoms with Crippen LogP contribution in [0.25, 0.3) is 11.1 Å². The van der Waals surface area contributed by atoms with E-state index in [-0.39, 0.29) is 0 Å². The number of rotatable bonds is 2. The van der Waals surface area contributed by atoms with E-state index in [1.165, 1.54) is 0 Å². The van der Waals surface area contributed by atoms with Gasteiger partial charge in [0.2, 0.25) is 0 Å². The minimum Gasteiger partial charge on any atom is -0.497 e. The van der Waals surface area contributed by atoms with Crippen molar-refractivity contribution in [3.05, 3.63) is 41.7 Å². The van der Waals surface area contributed by atoms with Gasteiger partial charge in [0.05, 0.1) is 7.11 Å². The fourth-order valence-electron chi connectivity index (χ4n) is 1.68. The zero-order valence-corrected chi connectivity index (χ0v) is 9.24. The minimum absolute atomic E-state index is 0.600. The summed E-state index contributed by atoms with van der Waals surface area (Å²) in [5.41, 5.74) is 3.54. The number of benzene rings is 1. The summed E-state index contributed by atoms with van der Waals surface area (Å²) in [7, 11) is 1.64. The average Bonchev–Trinajstić information content (AvgIpc) is 2.70. The molecule has 2 aromatic rings. The Morgan fingerprint density at radius 1 is 1.25 bits per heavy atom. The summed E-state index contributed by atoms with van der Waals surface area (Å²) in [6.07, 6.45) is 0. The van der Waals surface area contributed by atoms with E-state index in [0.717, 1.165) is 22.6 Å². The molecule has 80 valence electrons. The lowest BCUT2D eigenvalue weighted by Crippen LogP contribution is -1.83. The third-order valence-corrected chi connectivity index (χ3v) is 2.47. The Kier molecular flexibility index (Phi) is 2.65. The molecule has 0 radical (unpaired) electrons. The van der Waals surface area contributed by atoms with Gasteiger partial charge in [-0.1, -0.05) is 12.1 Å². The van der Waals surface area contributed by atoms with Gasteiger partial charge in [-0.2, -0.15) is 5.26 Å². The SMILES string of the molecule is COc1ccc(-c2cc(C)[nH]c2C#N)cc1. The van der Waals surface area contributed by atoms with Gasteiger partial charge in [-0.25, -0.2) is 0 Å². The summed E-state index contributed by atoms with van der Waals surface area (Å²) in [5, 5.41) is 8.99. The first-order valence-corrected chi connectivity index (χ1v) is 4.98. The van der Waals surface area contributed by atoms with Crippen LogP contribution in [0.4, 0.5) is 0 Å². The van der Waals surface area contributed by atoms with Crippen LogP contribution in [0.5, 0.6) is 5.75 Å². The topological polar surface area (TPSA) is 48.8 Å². The largest absolute Gasteiger partial charge is 0.497 e. The molecule has 0 aliphatic carbocycles. The molecule has 0 saturated heterocycles. The van der Waals surface area contributed by atoms with Crippen LogP contribution in [0.15, 0.2) is 30.3 Å². The summed E-state index contributed by atoms with van der Waals surface area (Å²) in [5.74, 6) is 0.814. The highest BCUT2D eigenvalue weighted by atomic mass is 16.5. The Hall–Kier alpha value is -2.21. The number of H-pyrrole nitrogens is 1. The highest BCUT2D eigenvalue weighted by Gasteiger charge is 2.07. The van der Waals surface area contributed by atoms with Crippen LogP contribution in [0, 0.1) is 18.3 Å². The molecule has 0 amide bonds. The molecule has 0 aliphatic rings. The van der Waals surface area contributed by atoms with Crippen molar-refractivity contribution in [3.8, 4) is 22.9 Å². The summed E-state index contributed by atoms with van der Waals surface area (Å²) in [4.78, 5) is 3.03. The monoisotopic (exact) mass is 212 g/mol. The molecule has 1 aromatic heterocycles. The molecule has 3 heteroatoms. The maximum Gasteiger partial charge on any atom is 0.125 e. The van der Waals surface area contributed by atoms with E-state index in [9.17, 15) is 0 Å². The summed E-state index contributed by atoms with van der Waals surface area (Å²) in [6, 6.07) is 11.8. The lowest BCUT2D eigenvalue weighted by atomic mass is 10.1. The Morgan fingerprint density at radius 2 is 1.94 bits per heavy atom. The fourth-order valence-corrected chi connectivity index (χ4v) is 1.68. The normalized spacial score (nSPS) is 9.81. The second-order valence-electron chi connectivity index (χ2n) is 3.58. The number of aromatic amines is 1. The highest BCUT2D eigenvalue weighted by Crippen LogP contribution is 2.26. The number of aryl methyl sites for hydroxylation is 1. The third kappa shape index (κ3) is 1.78. The van der Waals surface area contributed by atoms with Gasteiger partial charge < -0.3 is 9.72 Å². The Morgan fingerprint density at radius 3 is 2.50 bits per heavy atom. The number of nitriles is 1. The number of methoxy groups -OCH3 is 1. The van der Waals surface area contributed by atoms with Crippen molar-refractivity contribution in [1.82, 2.24) is 4.98 Å². The number of hydrogen-bond donors (Lipinski definition) is 1. The smallest absolute Gasteiger partial charge is 0.125 e. The van der Waals surface area contributed by atoms with Crippen LogP contribution in [-0.4, -0.2) is 12.1 Å². The molecule has 0 unspecified atom stereocenters. The first-order chi connectivity index (χ1) is 7.74. The van der Waals surface area contributed by atoms with Crippen LogP contribution in [0.2, 0.25) is 0 Å². The second kappa shape index (κ2) is 4.11. The van der Waals surface area contributed by atoms with Crippen molar-refractivity contribution < 1.29 is 4.74 Å². The minimum atomic E-state index is 0.600. The van der Waals surface area contributed by atoms with E-state index in [4.69, 9.17) is 10.00 Å².